The van der Waals surface area contributed by atoms with E-state index < -0.39 is 12.0 Å². The molecule has 0 bridgehead atoms. The Bertz CT molecular complexity index is 1560. The summed E-state index contributed by atoms with van der Waals surface area (Å²) in [7, 11) is 1.57. The van der Waals surface area contributed by atoms with Crippen LogP contribution in [0.5, 0.6) is 11.5 Å². The number of rotatable bonds is 9. The van der Waals surface area contributed by atoms with Gasteiger partial charge in [0.25, 0.3) is 5.56 Å². The fraction of sp³-hybridized carbons (Fsp3) is 0.300. The predicted octanol–water partition coefficient (Wildman–Crippen LogP) is 4.50. The van der Waals surface area contributed by atoms with Crippen LogP contribution in [0, 0.1) is 0 Å². The molecular weight excluding hydrogens is 500 g/mol. The standard InChI is InChI=1S/C30H32N2O5S/c1-7-15-37-23-14-9-20(16-24(23)35-6)17-25-28(33)32-27(22-12-10-21(11-13-22)18(3)4)26(29(34)36-8-2)19(5)31-30(32)38-25/h7,9-14,16-18,27H,1,8,15H2,2-6H3/b25-17-/t27-/m1/s1. The van der Waals surface area contributed by atoms with Crippen molar-refractivity contribution < 1.29 is 19.0 Å². The van der Waals surface area contributed by atoms with Crippen molar-refractivity contribution in [3.05, 3.63) is 103 Å². The highest BCUT2D eigenvalue weighted by molar-refractivity contribution is 7.07. The first kappa shape index (κ1) is 27.1. The molecule has 1 atom stereocenters. The van der Waals surface area contributed by atoms with Crippen molar-refractivity contribution in [1.29, 1.82) is 0 Å². The van der Waals surface area contributed by atoms with E-state index in [1.54, 1.807) is 43.7 Å². The predicted molar refractivity (Wildman–Crippen MR) is 150 cm³/mol. The molecule has 4 rings (SSSR count). The first-order chi connectivity index (χ1) is 18.3. The van der Waals surface area contributed by atoms with E-state index in [1.807, 2.05) is 36.4 Å². The fourth-order valence-electron chi connectivity index (χ4n) is 4.36. The summed E-state index contributed by atoms with van der Waals surface area (Å²) in [6.07, 6.45) is 3.46. The van der Waals surface area contributed by atoms with Crippen LogP contribution >= 0.6 is 11.3 Å². The maximum absolute atomic E-state index is 13.8. The lowest BCUT2D eigenvalue weighted by Crippen LogP contribution is -2.39. The third-order valence-corrected chi connectivity index (χ3v) is 7.26. The molecule has 2 heterocycles. The molecule has 198 valence electrons. The minimum Gasteiger partial charge on any atom is -0.493 e. The van der Waals surface area contributed by atoms with Gasteiger partial charge in [0.05, 0.1) is 35.6 Å². The molecule has 0 saturated carbocycles. The first-order valence-electron chi connectivity index (χ1n) is 12.5. The SMILES string of the molecule is C=CCOc1ccc(/C=c2\sc3n(c2=O)[C@H](c2ccc(C(C)C)cc2)C(C(=O)OCC)=C(C)N=3)cc1OC. The molecule has 0 fully saturated rings. The number of carbonyl (C=O) groups excluding carboxylic acids is 1. The van der Waals surface area contributed by atoms with Crippen LogP contribution in [0.4, 0.5) is 0 Å². The van der Waals surface area contributed by atoms with Crippen LogP contribution in [0.25, 0.3) is 6.08 Å². The zero-order valence-corrected chi connectivity index (χ0v) is 23.1. The van der Waals surface area contributed by atoms with E-state index in [9.17, 15) is 9.59 Å². The highest BCUT2D eigenvalue weighted by Crippen LogP contribution is 2.32. The number of esters is 1. The molecule has 2 aromatic carbocycles. The number of benzene rings is 2. The normalized spacial score (nSPS) is 15.2. The first-order valence-corrected chi connectivity index (χ1v) is 13.3. The molecule has 1 aromatic heterocycles. The van der Waals surface area contributed by atoms with Crippen LogP contribution in [-0.4, -0.2) is 30.9 Å². The highest BCUT2D eigenvalue weighted by atomic mass is 32.1. The van der Waals surface area contributed by atoms with E-state index in [1.165, 1.54) is 16.9 Å². The largest absolute Gasteiger partial charge is 0.493 e. The number of fused-ring (bicyclic) bond motifs is 1. The molecule has 7 nitrogen and oxygen atoms in total. The zero-order valence-electron chi connectivity index (χ0n) is 22.3. The number of carbonyl (C=O) groups is 1. The summed E-state index contributed by atoms with van der Waals surface area (Å²) in [4.78, 5) is 32.1. The summed E-state index contributed by atoms with van der Waals surface area (Å²) in [5.74, 6) is 1.03. The molecule has 0 unspecified atom stereocenters. The van der Waals surface area contributed by atoms with Gasteiger partial charge in [-0.05, 0) is 54.7 Å². The lowest BCUT2D eigenvalue weighted by Gasteiger charge is -2.25. The molecule has 0 amide bonds. The Balaban J connectivity index is 1.87. The minimum atomic E-state index is -0.641. The van der Waals surface area contributed by atoms with Gasteiger partial charge in [0, 0.05) is 0 Å². The number of hydrogen-bond donors (Lipinski definition) is 0. The van der Waals surface area contributed by atoms with Crippen LogP contribution in [-0.2, 0) is 9.53 Å². The molecule has 1 aliphatic rings. The average molecular weight is 533 g/mol. The third-order valence-electron chi connectivity index (χ3n) is 6.28. The molecular formula is C30H32N2O5S. The summed E-state index contributed by atoms with van der Waals surface area (Å²) in [6, 6.07) is 12.9. The molecule has 8 heteroatoms. The van der Waals surface area contributed by atoms with Crippen LogP contribution in [0.15, 0.2) is 76.2 Å². The van der Waals surface area contributed by atoms with E-state index >= 15 is 0 Å². The highest BCUT2D eigenvalue weighted by Gasteiger charge is 2.33. The quantitative estimate of drug-likeness (QED) is 0.300. The lowest BCUT2D eigenvalue weighted by atomic mass is 9.93. The summed E-state index contributed by atoms with van der Waals surface area (Å²) in [5, 5.41) is 0. The molecule has 0 spiro atoms. The molecule has 38 heavy (non-hydrogen) atoms. The number of ether oxygens (including phenoxy) is 3. The van der Waals surface area contributed by atoms with Crippen molar-refractivity contribution in [3.8, 4) is 11.5 Å². The van der Waals surface area contributed by atoms with E-state index in [2.05, 4.69) is 25.4 Å². The Labute approximate surface area is 226 Å². The van der Waals surface area contributed by atoms with E-state index in [0.717, 1.165) is 11.1 Å². The van der Waals surface area contributed by atoms with Crippen LogP contribution in [0.1, 0.15) is 56.3 Å². The van der Waals surface area contributed by atoms with Gasteiger partial charge in [-0.15, -0.1) is 0 Å². The molecule has 0 aliphatic carbocycles. The molecule has 0 N–H and O–H groups in total. The summed E-state index contributed by atoms with van der Waals surface area (Å²) in [5.41, 5.74) is 3.45. The van der Waals surface area contributed by atoms with Gasteiger partial charge in [0.1, 0.15) is 6.61 Å². The number of thiazole rings is 1. The number of nitrogens with zero attached hydrogens (tertiary/aromatic N) is 2. The van der Waals surface area contributed by atoms with Crippen molar-refractivity contribution in [2.45, 2.75) is 39.7 Å². The minimum absolute atomic E-state index is 0.230. The second-order valence-electron chi connectivity index (χ2n) is 9.13. The van der Waals surface area contributed by atoms with Crippen LogP contribution < -0.4 is 24.4 Å². The Kier molecular flexibility index (Phi) is 8.32. The Morgan fingerprint density at radius 3 is 2.55 bits per heavy atom. The van der Waals surface area contributed by atoms with Gasteiger partial charge in [-0.25, -0.2) is 9.79 Å². The summed E-state index contributed by atoms with van der Waals surface area (Å²) in [6.45, 7) is 12.0. The zero-order chi connectivity index (χ0) is 27.4. The van der Waals surface area contributed by atoms with Gasteiger partial charge in [-0.2, -0.15) is 0 Å². The van der Waals surface area contributed by atoms with Crippen molar-refractivity contribution >= 4 is 23.4 Å². The Morgan fingerprint density at radius 1 is 1.18 bits per heavy atom. The lowest BCUT2D eigenvalue weighted by molar-refractivity contribution is -0.139. The Morgan fingerprint density at radius 2 is 1.92 bits per heavy atom. The van der Waals surface area contributed by atoms with E-state index in [4.69, 9.17) is 14.2 Å². The number of hydrogen-bond acceptors (Lipinski definition) is 7. The fourth-order valence-corrected chi connectivity index (χ4v) is 5.41. The molecule has 3 aromatic rings. The summed E-state index contributed by atoms with van der Waals surface area (Å²) >= 11 is 1.28. The molecule has 1 aliphatic heterocycles. The van der Waals surface area contributed by atoms with Crippen molar-refractivity contribution in [2.24, 2.45) is 4.99 Å². The molecule has 0 radical (unpaired) electrons. The smallest absolute Gasteiger partial charge is 0.338 e. The maximum Gasteiger partial charge on any atom is 0.338 e. The van der Waals surface area contributed by atoms with Gasteiger partial charge >= 0.3 is 5.97 Å². The van der Waals surface area contributed by atoms with Gasteiger partial charge in [0.15, 0.2) is 16.3 Å². The summed E-state index contributed by atoms with van der Waals surface area (Å²) < 4.78 is 18.6. The number of methoxy groups -OCH3 is 1. The second-order valence-corrected chi connectivity index (χ2v) is 10.1. The van der Waals surface area contributed by atoms with Crippen molar-refractivity contribution in [2.75, 3.05) is 20.3 Å². The van der Waals surface area contributed by atoms with Crippen LogP contribution in [0.3, 0.4) is 0 Å². The van der Waals surface area contributed by atoms with Crippen molar-refractivity contribution in [1.82, 2.24) is 4.57 Å². The van der Waals surface area contributed by atoms with E-state index in [0.29, 0.717) is 44.6 Å². The topological polar surface area (TPSA) is 79.1 Å². The van der Waals surface area contributed by atoms with Gasteiger partial charge in [-0.3, -0.25) is 9.36 Å². The number of allylic oxidation sites excluding steroid dienone is 1. The average Bonchev–Trinajstić information content (AvgIpc) is 3.21. The molecule has 0 saturated heterocycles. The van der Waals surface area contributed by atoms with Gasteiger partial charge in [0.2, 0.25) is 0 Å². The maximum atomic E-state index is 13.8. The van der Waals surface area contributed by atoms with E-state index in [-0.39, 0.29) is 12.2 Å². The van der Waals surface area contributed by atoms with Gasteiger partial charge < -0.3 is 14.2 Å². The van der Waals surface area contributed by atoms with Gasteiger partial charge in [-0.1, -0.05) is 68.2 Å². The number of aromatic nitrogens is 1. The second kappa shape index (κ2) is 11.6. The third kappa shape index (κ3) is 5.36. The van der Waals surface area contributed by atoms with Crippen molar-refractivity contribution in [3.63, 3.8) is 0 Å². The Hall–Kier alpha value is -3.91. The monoisotopic (exact) mass is 532 g/mol. The van der Waals surface area contributed by atoms with Crippen LogP contribution in [0.2, 0.25) is 0 Å².